The van der Waals surface area contributed by atoms with Gasteiger partial charge < -0.3 is 4.90 Å². The van der Waals surface area contributed by atoms with Crippen LogP contribution in [0.5, 0.6) is 0 Å². The van der Waals surface area contributed by atoms with Crippen LogP contribution in [0, 0.1) is 0 Å². The zero-order valence-electron chi connectivity index (χ0n) is 16.9. The first-order valence-corrected chi connectivity index (χ1v) is 11.5. The number of para-hydroxylation sites is 1. The van der Waals surface area contributed by atoms with Crippen molar-refractivity contribution in [3.63, 3.8) is 0 Å². The molecule has 0 radical (unpaired) electrons. The zero-order chi connectivity index (χ0) is 20.5. The van der Waals surface area contributed by atoms with Crippen LogP contribution in [-0.2, 0) is 4.79 Å². The number of benzene rings is 2. The van der Waals surface area contributed by atoms with Crippen molar-refractivity contribution in [1.29, 1.82) is 0 Å². The molecule has 5 nitrogen and oxygen atoms in total. The molecular weight excluding hydrogens is 394 g/mol. The van der Waals surface area contributed by atoms with E-state index in [-0.39, 0.29) is 11.7 Å². The first kappa shape index (κ1) is 19.4. The van der Waals surface area contributed by atoms with E-state index in [1.54, 1.807) is 11.3 Å². The van der Waals surface area contributed by atoms with Crippen molar-refractivity contribution in [2.75, 3.05) is 31.1 Å². The van der Waals surface area contributed by atoms with Crippen LogP contribution in [0.15, 0.2) is 48.5 Å². The maximum absolute atomic E-state index is 12.9. The van der Waals surface area contributed by atoms with Gasteiger partial charge in [0.15, 0.2) is 5.78 Å². The highest BCUT2D eigenvalue weighted by molar-refractivity contribution is 7.18. The van der Waals surface area contributed by atoms with Crippen LogP contribution in [0.4, 0.5) is 5.69 Å². The maximum Gasteiger partial charge on any atom is 0.227 e. The third kappa shape index (κ3) is 3.89. The summed E-state index contributed by atoms with van der Waals surface area (Å²) in [4.78, 5) is 33.7. The van der Waals surface area contributed by atoms with E-state index in [2.05, 4.69) is 23.1 Å². The number of hydrogen-bond acceptors (Lipinski definition) is 5. The van der Waals surface area contributed by atoms with Gasteiger partial charge in [0, 0.05) is 36.7 Å². The predicted octanol–water partition coefficient (Wildman–Crippen LogP) is 4.49. The van der Waals surface area contributed by atoms with Gasteiger partial charge in [0.05, 0.1) is 21.8 Å². The van der Waals surface area contributed by atoms with Gasteiger partial charge in [-0.05, 0) is 62.2 Å². The fourth-order valence-electron chi connectivity index (χ4n) is 4.51. The first-order chi connectivity index (χ1) is 14.7. The molecule has 30 heavy (non-hydrogen) atoms. The van der Waals surface area contributed by atoms with E-state index >= 15 is 0 Å². The number of anilines is 1. The number of thiazole rings is 1. The molecule has 3 heterocycles. The second kappa shape index (κ2) is 8.28. The molecule has 0 N–H and O–H groups in total. The molecule has 0 bridgehead atoms. The number of Topliss-reactive ketones (excluding diaryl/α,β-unsaturated/α-hetero) is 1. The summed E-state index contributed by atoms with van der Waals surface area (Å²) in [6.45, 7) is 3.04. The van der Waals surface area contributed by atoms with E-state index in [4.69, 9.17) is 4.98 Å². The summed E-state index contributed by atoms with van der Waals surface area (Å²) in [5, 5.41) is 1.19. The van der Waals surface area contributed by atoms with Crippen molar-refractivity contribution < 1.29 is 9.59 Å². The average molecular weight is 420 g/mol. The molecule has 1 aromatic heterocycles. The van der Waals surface area contributed by atoms with Crippen LogP contribution in [0.2, 0.25) is 0 Å². The van der Waals surface area contributed by atoms with Gasteiger partial charge >= 0.3 is 0 Å². The van der Waals surface area contributed by atoms with Crippen molar-refractivity contribution >= 4 is 38.9 Å². The molecule has 0 aliphatic carbocycles. The molecule has 6 heteroatoms. The molecular formula is C24H25N3O2S. The summed E-state index contributed by atoms with van der Waals surface area (Å²) in [5.41, 5.74) is 2.68. The minimum absolute atomic E-state index is 0.138. The number of hydrogen-bond donors (Lipinski definition) is 0. The Bertz CT molecular complexity index is 1040. The van der Waals surface area contributed by atoms with Crippen LogP contribution in [0.1, 0.15) is 47.0 Å². The summed E-state index contributed by atoms with van der Waals surface area (Å²) in [7, 11) is 0. The van der Waals surface area contributed by atoms with Crippen LogP contribution in [-0.4, -0.2) is 47.8 Å². The monoisotopic (exact) mass is 419 g/mol. The van der Waals surface area contributed by atoms with Gasteiger partial charge in [0.2, 0.25) is 5.91 Å². The molecule has 0 unspecified atom stereocenters. The number of fused-ring (bicyclic) bond motifs is 1. The fraction of sp³-hybridized carbons (Fsp3) is 0.375. The smallest absolute Gasteiger partial charge is 0.227 e. The number of aromatic nitrogens is 1. The Labute approximate surface area is 180 Å². The van der Waals surface area contributed by atoms with Gasteiger partial charge in [0.1, 0.15) is 0 Å². The van der Waals surface area contributed by atoms with Crippen molar-refractivity contribution in [3.8, 4) is 0 Å². The average Bonchev–Trinajstić information content (AvgIpc) is 3.40. The molecule has 1 atom stereocenters. The number of ketones is 1. The number of carbonyl (C=O) groups is 2. The predicted molar refractivity (Wildman–Crippen MR) is 120 cm³/mol. The van der Waals surface area contributed by atoms with Gasteiger partial charge in [-0.3, -0.25) is 14.5 Å². The number of rotatable bonds is 5. The standard InChI is InChI=1S/C24H25N3O2S/c28-21(17-9-11-19(12-10-17)27-14-4-8-23(27)29)16-26-13-3-5-18(15-26)24-25-20-6-1-2-7-22(20)30-24/h1-2,6-7,9-12,18H,3-5,8,13-16H2/t18-/m1/s1. The molecule has 2 saturated heterocycles. The summed E-state index contributed by atoms with van der Waals surface area (Å²) >= 11 is 1.78. The topological polar surface area (TPSA) is 53.5 Å². The molecule has 2 aromatic carbocycles. The Balaban J connectivity index is 1.23. The van der Waals surface area contributed by atoms with Gasteiger partial charge in [0.25, 0.3) is 0 Å². The molecule has 154 valence electrons. The van der Waals surface area contributed by atoms with E-state index in [1.807, 2.05) is 35.2 Å². The lowest BCUT2D eigenvalue weighted by molar-refractivity contribution is -0.117. The van der Waals surface area contributed by atoms with Crippen molar-refractivity contribution in [3.05, 3.63) is 59.1 Å². The minimum Gasteiger partial charge on any atom is -0.312 e. The summed E-state index contributed by atoms with van der Waals surface area (Å²) in [6.07, 6.45) is 3.74. The Kier molecular flexibility index (Phi) is 5.35. The second-order valence-electron chi connectivity index (χ2n) is 8.21. The van der Waals surface area contributed by atoms with E-state index < -0.39 is 0 Å². The van der Waals surface area contributed by atoms with Crippen LogP contribution < -0.4 is 4.90 Å². The SMILES string of the molecule is O=C(CN1CCC[C@@H](c2nc3ccccc3s2)C1)c1ccc(N2CCCC2=O)cc1. The van der Waals surface area contributed by atoms with Gasteiger partial charge in [-0.2, -0.15) is 0 Å². The highest BCUT2D eigenvalue weighted by atomic mass is 32.1. The second-order valence-corrected chi connectivity index (χ2v) is 9.28. The Hall–Kier alpha value is -2.57. The largest absolute Gasteiger partial charge is 0.312 e. The summed E-state index contributed by atoms with van der Waals surface area (Å²) in [6, 6.07) is 15.8. The fourth-order valence-corrected chi connectivity index (χ4v) is 5.60. The lowest BCUT2D eigenvalue weighted by Gasteiger charge is -2.31. The number of nitrogens with zero attached hydrogens (tertiary/aromatic N) is 3. The minimum atomic E-state index is 0.138. The molecule has 3 aromatic rings. The van der Waals surface area contributed by atoms with Crippen molar-refractivity contribution in [1.82, 2.24) is 9.88 Å². The molecule has 0 saturated carbocycles. The van der Waals surface area contributed by atoms with E-state index in [0.717, 1.165) is 50.1 Å². The van der Waals surface area contributed by atoms with E-state index in [9.17, 15) is 9.59 Å². The van der Waals surface area contributed by atoms with Gasteiger partial charge in [-0.1, -0.05) is 12.1 Å². The van der Waals surface area contributed by atoms with Gasteiger partial charge in [-0.15, -0.1) is 11.3 Å². The Morgan fingerprint density at radius 1 is 1.07 bits per heavy atom. The Morgan fingerprint density at radius 3 is 2.67 bits per heavy atom. The third-order valence-corrected chi connectivity index (χ3v) is 7.31. The maximum atomic E-state index is 12.9. The summed E-state index contributed by atoms with van der Waals surface area (Å²) in [5.74, 6) is 0.704. The van der Waals surface area contributed by atoms with Crippen molar-refractivity contribution in [2.45, 2.75) is 31.6 Å². The highest BCUT2D eigenvalue weighted by Crippen LogP contribution is 2.33. The molecule has 2 fully saturated rings. The summed E-state index contributed by atoms with van der Waals surface area (Å²) < 4.78 is 1.23. The normalized spacial score (nSPS) is 20.2. The van der Waals surface area contributed by atoms with Crippen LogP contribution in [0.25, 0.3) is 10.2 Å². The Morgan fingerprint density at radius 2 is 1.90 bits per heavy atom. The lowest BCUT2D eigenvalue weighted by atomic mass is 9.98. The molecule has 5 rings (SSSR count). The third-order valence-electron chi connectivity index (χ3n) is 6.11. The molecule has 2 aliphatic rings. The molecule has 2 aliphatic heterocycles. The number of likely N-dealkylation sites (tertiary alicyclic amines) is 1. The first-order valence-electron chi connectivity index (χ1n) is 10.7. The molecule has 1 amide bonds. The quantitative estimate of drug-likeness (QED) is 0.572. The number of piperidine rings is 1. The van der Waals surface area contributed by atoms with Crippen molar-refractivity contribution in [2.24, 2.45) is 0 Å². The molecule has 0 spiro atoms. The number of carbonyl (C=O) groups excluding carboxylic acids is 2. The van der Waals surface area contributed by atoms with Crippen LogP contribution in [0.3, 0.4) is 0 Å². The number of amides is 1. The highest BCUT2D eigenvalue weighted by Gasteiger charge is 2.26. The van der Waals surface area contributed by atoms with Gasteiger partial charge in [-0.25, -0.2) is 4.98 Å². The lowest BCUT2D eigenvalue weighted by Crippen LogP contribution is -2.38. The van der Waals surface area contributed by atoms with Crippen LogP contribution >= 0.6 is 11.3 Å². The van der Waals surface area contributed by atoms with E-state index in [1.165, 1.54) is 9.71 Å². The van der Waals surface area contributed by atoms with E-state index in [0.29, 0.717) is 24.4 Å². The zero-order valence-corrected chi connectivity index (χ0v) is 17.7.